The van der Waals surface area contributed by atoms with Crippen LogP contribution in [0.25, 0.3) is 11.5 Å². The fourth-order valence-electron chi connectivity index (χ4n) is 3.85. The third-order valence-corrected chi connectivity index (χ3v) is 5.65. The van der Waals surface area contributed by atoms with Crippen molar-refractivity contribution in [2.45, 2.75) is 19.8 Å². The highest BCUT2D eigenvalue weighted by molar-refractivity contribution is 5.92. The number of piperidine rings is 1. The average Bonchev–Trinajstić information content (AvgIpc) is 3.52. The molecule has 1 aliphatic rings. The van der Waals surface area contributed by atoms with Gasteiger partial charge in [0.2, 0.25) is 5.91 Å². The summed E-state index contributed by atoms with van der Waals surface area (Å²) < 4.78 is 3.49. The summed E-state index contributed by atoms with van der Waals surface area (Å²) in [7, 11) is 0. The molecule has 1 N–H and O–H groups in total. The van der Waals surface area contributed by atoms with Gasteiger partial charge in [-0.3, -0.25) is 9.36 Å². The molecule has 1 fully saturated rings. The molecular weight excluding hydrogens is 408 g/mol. The fourth-order valence-corrected chi connectivity index (χ4v) is 3.85. The van der Waals surface area contributed by atoms with Crippen molar-refractivity contribution < 1.29 is 4.79 Å². The first kappa shape index (κ1) is 19.8. The number of anilines is 2. The number of carbonyl (C=O) groups is 1. The normalized spacial score (nSPS) is 14.5. The Morgan fingerprint density at radius 2 is 1.84 bits per heavy atom. The number of aromatic nitrogens is 8. The molecule has 11 nitrogen and oxygen atoms in total. The van der Waals surface area contributed by atoms with Crippen molar-refractivity contribution >= 4 is 17.4 Å². The van der Waals surface area contributed by atoms with Crippen LogP contribution in [-0.4, -0.2) is 58.7 Å². The summed E-state index contributed by atoms with van der Waals surface area (Å²) in [6.45, 7) is 3.45. The number of imidazole rings is 1. The number of amides is 1. The van der Waals surface area contributed by atoms with Crippen molar-refractivity contribution in [3.8, 4) is 11.5 Å². The van der Waals surface area contributed by atoms with Crippen molar-refractivity contribution in [3.63, 3.8) is 0 Å². The lowest BCUT2D eigenvalue weighted by molar-refractivity contribution is -0.120. The Hall–Kier alpha value is -4.15. The van der Waals surface area contributed by atoms with Gasteiger partial charge in [0.05, 0.1) is 5.69 Å². The van der Waals surface area contributed by atoms with Crippen LogP contribution in [0.1, 0.15) is 18.7 Å². The molecule has 0 saturated carbocycles. The SMILES string of the molecule is Cc1nccn1-c1cc(N2CCC(C(=O)Nc3ccc(-n4cnnn4)cc3)CC2)ncn1. The minimum atomic E-state index is -0.0392. The molecule has 1 aliphatic heterocycles. The van der Waals surface area contributed by atoms with Crippen molar-refractivity contribution in [1.82, 2.24) is 39.7 Å². The van der Waals surface area contributed by atoms with Crippen LogP contribution in [0.3, 0.4) is 0 Å². The van der Waals surface area contributed by atoms with Crippen molar-refractivity contribution in [2.24, 2.45) is 5.92 Å². The highest BCUT2D eigenvalue weighted by atomic mass is 16.1. The zero-order valence-electron chi connectivity index (χ0n) is 17.5. The topological polar surface area (TPSA) is 120 Å². The van der Waals surface area contributed by atoms with Gasteiger partial charge in [-0.15, -0.1) is 5.10 Å². The molecule has 162 valence electrons. The summed E-state index contributed by atoms with van der Waals surface area (Å²) in [5, 5.41) is 14.1. The molecule has 4 heterocycles. The van der Waals surface area contributed by atoms with Crippen molar-refractivity contribution in [1.29, 1.82) is 0 Å². The summed E-state index contributed by atoms with van der Waals surface area (Å²) in [6.07, 6.45) is 8.25. The monoisotopic (exact) mass is 430 g/mol. The molecule has 0 radical (unpaired) electrons. The van der Waals surface area contributed by atoms with Crippen LogP contribution < -0.4 is 10.2 Å². The molecule has 32 heavy (non-hydrogen) atoms. The molecule has 5 rings (SSSR count). The molecule has 4 aromatic rings. The Bertz CT molecular complexity index is 1190. The van der Waals surface area contributed by atoms with E-state index in [0.717, 1.165) is 54.8 Å². The maximum absolute atomic E-state index is 12.8. The molecule has 0 bridgehead atoms. The maximum Gasteiger partial charge on any atom is 0.227 e. The lowest BCUT2D eigenvalue weighted by Gasteiger charge is -2.32. The van der Waals surface area contributed by atoms with E-state index in [2.05, 4.69) is 40.7 Å². The number of carbonyl (C=O) groups excluding carboxylic acids is 1. The molecule has 0 atom stereocenters. The summed E-state index contributed by atoms with van der Waals surface area (Å²) in [5.41, 5.74) is 1.59. The highest BCUT2D eigenvalue weighted by Crippen LogP contribution is 2.24. The molecule has 1 amide bonds. The van der Waals surface area contributed by atoms with Crippen molar-refractivity contribution in [2.75, 3.05) is 23.3 Å². The van der Waals surface area contributed by atoms with Gasteiger partial charge in [-0.1, -0.05) is 0 Å². The summed E-state index contributed by atoms with van der Waals surface area (Å²) in [4.78, 5) is 28.0. The lowest BCUT2D eigenvalue weighted by Crippen LogP contribution is -2.38. The van der Waals surface area contributed by atoms with E-state index in [0.29, 0.717) is 0 Å². The quantitative estimate of drug-likeness (QED) is 0.509. The Morgan fingerprint density at radius 3 is 2.53 bits per heavy atom. The number of hydrogen-bond donors (Lipinski definition) is 1. The number of nitrogens with zero attached hydrogens (tertiary/aromatic N) is 9. The van der Waals surface area contributed by atoms with Gasteiger partial charge in [0.25, 0.3) is 0 Å². The molecule has 3 aromatic heterocycles. The second-order valence-corrected chi connectivity index (χ2v) is 7.63. The summed E-state index contributed by atoms with van der Waals surface area (Å²) in [5.74, 6) is 2.52. The minimum Gasteiger partial charge on any atom is -0.356 e. The van der Waals surface area contributed by atoms with Crippen LogP contribution in [0.2, 0.25) is 0 Å². The minimum absolute atomic E-state index is 0.0391. The third-order valence-electron chi connectivity index (χ3n) is 5.65. The van der Waals surface area contributed by atoms with Crippen LogP contribution in [-0.2, 0) is 4.79 Å². The Balaban J connectivity index is 1.19. The van der Waals surface area contributed by atoms with Crippen LogP contribution >= 0.6 is 0 Å². The van der Waals surface area contributed by atoms with E-state index in [1.807, 2.05) is 48.0 Å². The number of tetrazole rings is 1. The van der Waals surface area contributed by atoms with E-state index in [9.17, 15) is 4.79 Å². The molecule has 1 saturated heterocycles. The van der Waals surface area contributed by atoms with E-state index in [1.165, 1.54) is 6.33 Å². The Labute approximate surface area is 184 Å². The molecule has 1 aromatic carbocycles. The number of hydrogen-bond acceptors (Lipinski definition) is 8. The Morgan fingerprint density at radius 1 is 1.06 bits per heavy atom. The standard InChI is InChI=1S/C21H22N10O/c1-15-22-8-11-30(15)20-12-19(23-13-24-20)29-9-6-16(7-10-29)21(32)26-17-2-4-18(5-3-17)31-14-25-27-28-31/h2-5,8,11-14,16H,6-7,9-10H2,1H3,(H,26,32). The average molecular weight is 430 g/mol. The van der Waals surface area contributed by atoms with E-state index in [1.54, 1.807) is 17.2 Å². The maximum atomic E-state index is 12.8. The molecule has 0 spiro atoms. The predicted octanol–water partition coefficient (Wildman–Crippen LogP) is 1.80. The third kappa shape index (κ3) is 4.04. The predicted molar refractivity (Wildman–Crippen MR) is 117 cm³/mol. The van der Waals surface area contributed by atoms with Gasteiger partial charge in [-0.2, -0.15) is 0 Å². The van der Waals surface area contributed by atoms with Crippen LogP contribution in [0.5, 0.6) is 0 Å². The van der Waals surface area contributed by atoms with Crippen LogP contribution in [0.15, 0.2) is 55.4 Å². The Kier molecular flexibility index (Phi) is 5.28. The van der Waals surface area contributed by atoms with Gasteiger partial charge < -0.3 is 10.2 Å². The lowest BCUT2D eigenvalue weighted by atomic mass is 9.96. The van der Waals surface area contributed by atoms with E-state index < -0.39 is 0 Å². The molecule has 0 aliphatic carbocycles. The second kappa shape index (κ2) is 8.53. The number of benzene rings is 1. The van der Waals surface area contributed by atoms with Gasteiger partial charge >= 0.3 is 0 Å². The highest BCUT2D eigenvalue weighted by Gasteiger charge is 2.26. The fraction of sp³-hybridized carbons (Fsp3) is 0.286. The van der Waals surface area contributed by atoms with E-state index in [4.69, 9.17) is 0 Å². The van der Waals surface area contributed by atoms with E-state index >= 15 is 0 Å². The van der Waals surface area contributed by atoms with Gasteiger partial charge in [0.15, 0.2) is 0 Å². The largest absolute Gasteiger partial charge is 0.356 e. The molecule has 0 unspecified atom stereocenters. The summed E-state index contributed by atoms with van der Waals surface area (Å²) >= 11 is 0. The molecular formula is C21H22N10O. The number of nitrogens with one attached hydrogen (secondary N) is 1. The van der Waals surface area contributed by atoms with Crippen LogP contribution in [0, 0.1) is 12.8 Å². The first-order valence-corrected chi connectivity index (χ1v) is 10.4. The zero-order valence-corrected chi connectivity index (χ0v) is 17.5. The number of rotatable bonds is 5. The first-order valence-electron chi connectivity index (χ1n) is 10.4. The van der Waals surface area contributed by atoms with E-state index in [-0.39, 0.29) is 11.8 Å². The summed E-state index contributed by atoms with van der Waals surface area (Å²) in [6, 6.07) is 9.39. The molecule has 11 heteroatoms. The smallest absolute Gasteiger partial charge is 0.227 e. The van der Waals surface area contributed by atoms with Gasteiger partial charge in [0.1, 0.15) is 30.1 Å². The number of aryl methyl sites for hydroxylation is 1. The van der Waals surface area contributed by atoms with Gasteiger partial charge in [-0.05, 0) is 54.5 Å². The van der Waals surface area contributed by atoms with Crippen molar-refractivity contribution in [3.05, 3.63) is 61.2 Å². The van der Waals surface area contributed by atoms with Gasteiger partial charge in [-0.25, -0.2) is 19.6 Å². The van der Waals surface area contributed by atoms with Crippen LogP contribution in [0.4, 0.5) is 11.5 Å². The second-order valence-electron chi connectivity index (χ2n) is 7.63. The van der Waals surface area contributed by atoms with Gasteiger partial charge in [0, 0.05) is 43.2 Å². The first-order chi connectivity index (χ1) is 15.7. The zero-order chi connectivity index (χ0) is 21.9.